The summed E-state index contributed by atoms with van der Waals surface area (Å²) in [5, 5.41) is 9.11. The van der Waals surface area contributed by atoms with Gasteiger partial charge in [-0.3, -0.25) is 14.7 Å². The molecule has 0 bridgehead atoms. The number of nitrogen functional groups attached to an aromatic ring is 1. The lowest BCUT2D eigenvalue weighted by Crippen LogP contribution is -2.30. The number of rotatable bonds is 5. The van der Waals surface area contributed by atoms with E-state index in [1.165, 1.54) is 4.90 Å². The topological polar surface area (TPSA) is 118 Å². The molecule has 0 aliphatic carbocycles. The molecule has 4 aromatic rings. The predicted molar refractivity (Wildman–Crippen MR) is 129 cm³/mol. The third kappa shape index (κ3) is 3.52. The Balaban J connectivity index is 1.60. The normalized spacial score (nSPS) is 12.9. The van der Waals surface area contributed by atoms with Crippen molar-refractivity contribution in [2.24, 2.45) is 5.73 Å². The summed E-state index contributed by atoms with van der Waals surface area (Å²) in [4.78, 5) is 26.0. The summed E-state index contributed by atoms with van der Waals surface area (Å²) in [7, 11) is 0. The van der Waals surface area contributed by atoms with Gasteiger partial charge >= 0.3 is 0 Å². The third-order valence-corrected chi connectivity index (χ3v) is 6.13. The molecule has 8 heteroatoms. The SMILES string of the molecule is C=C(CN1Cc2c(-c3ccc4[nH]nc(-c5cccc(Cl)c5)c4c3)ccc(N)c2C1=O)C(N)=O. The first-order valence-corrected chi connectivity index (χ1v) is 10.6. The number of amides is 2. The van der Waals surface area contributed by atoms with E-state index in [0.717, 1.165) is 38.9 Å². The van der Waals surface area contributed by atoms with E-state index in [1.807, 2.05) is 48.5 Å². The first-order valence-electron chi connectivity index (χ1n) is 10.3. The predicted octanol–water partition coefficient (Wildman–Crippen LogP) is 4.13. The Morgan fingerprint density at radius 2 is 1.97 bits per heavy atom. The van der Waals surface area contributed by atoms with Crippen molar-refractivity contribution in [3.05, 3.63) is 82.9 Å². The minimum atomic E-state index is -0.633. The zero-order valence-corrected chi connectivity index (χ0v) is 18.3. The molecular weight excluding hydrogens is 438 g/mol. The third-order valence-electron chi connectivity index (χ3n) is 5.90. The average Bonchev–Trinajstić information content (AvgIpc) is 3.35. The number of carbonyl (C=O) groups excluding carboxylic acids is 2. The second-order valence-corrected chi connectivity index (χ2v) is 8.46. The van der Waals surface area contributed by atoms with Gasteiger partial charge < -0.3 is 16.4 Å². The minimum absolute atomic E-state index is 0.0570. The number of fused-ring (bicyclic) bond motifs is 2. The van der Waals surface area contributed by atoms with Gasteiger partial charge in [0.05, 0.1) is 23.3 Å². The molecule has 0 unspecified atom stereocenters. The Kier molecular flexibility index (Phi) is 4.91. The van der Waals surface area contributed by atoms with Crippen LogP contribution < -0.4 is 11.5 Å². The van der Waals surface area contributed by atoms with Crippen molar-refractivity contribution < 1.29 is 9.59 Å². The van der Waals surface area contributed by atoms with Gasteiger partial charge in [-0.1, -0.05) is 42.4 Å². The van der Waals surface area contributed by atoms with Gasteiger partial charge in [0, 0.05) is 33.8 Å². The molecule has 5 N–H and O–H groups in total. The molecule has 2 amide bonds. The maximum atomic E-state index is 13.0. The summed E-state index contributed by atoms with van der Waals surface area (Å²) < 4.78 is 0. The zero-order chi connectivity index (χ0) is 23.3. The highest BCUT2D eigenvalue weighted by Gasteiger charge is 2.32. The van der Waals surface area contributed by atoms with E-state index in [9.17, 15) is 9.59 Å². The minimum Gasteiger partial charge on any atom is -0.398 e. The number of benzene rings is 3. The highest BCUT2D eigenvalue weighted by Crippen LogP contribution is 2.38. The molecule has 0 radical (unpaired) electrons. The van der Waals surface area contributed by atoms with Crippen LogP contribution in [0.25, 0.3) is 33.3 Å². The van der Waals surface area contributed by atoms with Crippen molar-refractivity contribution in [3.63, 3.8) is 0 Å². The summed E-state index contributed by atoms with van der Waals surface area (Å²) in [6.07, 6.45) is 0. The number of halogens is 1. The fraction of sp³-hybridized carbons (Fsp3) is 0.0800. The zero-order valence-electron chi connectivity index (χ0n) is 17.6. The Hall–Kier alpha value is -4.10. The van der Waals surface area contributed by atoms with E-state index in [0.29, 0.717) is 22.8 Å². The van der Waals surface area contributed by atoms with Crippen molar-refractivity contribution in [2.45, 2.75) is 6.54 Å². The number of anilines is 1. The van der Waals surface area contributed by atoms with E-state index < -0.39 is 5.91 Å². The summed E-state index contributed by atoms with van der Waals surface area (Å²) >= 11 is 6.18. The molecule has 5 rings (SSSR count). The van der Waals surface area contributed by atoms with Crippen LogP contribution in [0.3, 0.4) is 0 Å². The molecule has 0 fully saturated rings. The number of aromatic nitrogens is 2. The van der Waals surface area contributed by atoms with Crippen molar-refractivity contribution >= 4 is 40.0 Å². The summed E-state index contributed by atoms with van der Waals surface area (Å²) in [5.74, 6) is -0.873. The monoisotopic (exact) mass is 457 g/mol. The Morgan fingerprint density at radius 1 is 1.15 bits per heavy atom. The van der Waals surface area contributed by atoms with Crippen LogP contribution in [-0.4, -0.2) is 33.5 Å². The second kappa shape index (κ2) is 7.79. The first kappa shape index (κ1) is 20.8. The molecule has 2 heterocycles. The lowest BCUT2D eigenvalue weighted by molar-refractivity contribution is -0.114. The molecule has 1 aromatic heterocycles. The van der Waals surface area contributed by atoms with E-state index in [4.69, 9.17) is 23.1 Å². The van der Waals surface area contributed by atoms with Crippen molar-refractivity contribution in [1.29, 1.82) is 0 Å². The van der Waals surface area contributed by atoms with Gasteiger partial charge in [-0.2, -0.15) is 5.10 Å². The standard InChI is InChI=1S/C25H20ClN5O2/c1-13(24(28)32)11-31-12-19-17(6-7-20(27)22(19)25(31)33)14-5-8-21-18(10-14)23(30-29-21)15-3-2-4-16(26)9-15/h2-10H,1,11-12,27H2,(H2,28,32)(H,29,30). The van der Waals surface area contributed by atoms with Crippen LogP contribution in [0.15, 0.2) is 66.7 Å². The van der Waals surface area contributed by atoms with Crippen LogP contribution in [0, 0.1) is 0 Å². The summed E-state index contributed by atoms with van der Waals surface area (Å²) in [5.41, 5.74) is 17.7. The number of primary amides is 1. The number of carbonyl (C=O) groups is 2. The van der Waals surface area contributed by atoms with Gasteiger partial charge in [-0.05, 0) is 47.0 Å². The number of aromatic amines is 1. The van der Waals surface area contributed by atoms with Crippen LogP contribution in [0.4, 0.5) is 5.69 Å². The molecule has 0 saturated heterocycles. The van der Waals surface area contributed by atoms with Crippen molar-refractivity contribution in [3.8, 4) is 22.4 Å². The molecule has 3 aromatic carbocycles. The molecule has 1 aliphatic rings. The fourth-order valence-corrected chi connectivity index (χ4v) is 4.44. The van der Waals surface area contributed by atoms with Crippen LogP contribution in [-0.2, 0) is 11.3 Å². The summed E-state index contributed by atoms with van der Waals surface area (Å²) in [6.45, 7) is 4.04. The van der Waals surface area contributed by atoms with E-state index in [2.05, 4.69) is 16.8 Å². The van der Waals surface area contributed by atoms with E-state index in [-0.39, 0.29) is 18.0 Å². The number of nitrogens with two attached hydrogens (primary N) is 2. The largest absolute Gasteiger partial charge is 0.398 e. The molecule has 7 nitrogen and oxygen atoms in total. The first-order chi connectivity index (χ1) is 15.8. The Bertz CT molecular complexity index is 1470. The second-order valence-electron chi connectivity index (χ2n) is 8.03. The number of nitrogens with one attached hydrogen (secondary N) is 1. The maximum absolute atomic E-state index is 13.0. The summed E-state index contributed by atoms with van der Waals surface area (Å²) in [6, 6.07) is 17.1. The molecule has 164 valence electrons. The van der Waals surface area contributed by atoms with Gasteiger partial charge in [-0.15, -0.1) is 0 Å². The van der Waals surface area contributed by atoms with Gasteiger partial charge in [0.1, 0.15) is 0 Å². The lowest BCUT2D eigenvalue weighted by Gasteiger charge is -2.15. The number of H-pyrrole nitrogens is 1. The smallest absolute Gasteiger partial charge is 0.256 e. The molecule has 0 atom stereocenters. The number of hydrogen-bond acceptors (Lipinski definition) is 4. The molecule has 1 aliphatic heterocycles. The molecule has 0 saturated carbocycles. The van der Waals surface area contributed by atoms with Crippen molar-refractivity contribution in [1.82, 2.24) is 15.1 Å². The fourth-order valence-electron chi connectivity index (χ4n) is 4.25. The number of nitrogens with zero attached hydrogens (tertiary/aromatic N) is 2. The van der Waals surface area contributed by atoms with E-state index in [1.54, 1.807) is 6.07 Å². The Morgan fingerprint density at radius 3 is 2.73 bits per heavy atom. The Labute approximate surface area is 194 Å². The van der Waals surface area contributed by atoms with Crippen LogP contribution in [0.1, 0.15) is 15.9 Å². The highest BCUT2D eigenvalue weighted by atomic mass is 35.5. The van der Waals surface area contributed by atoms with Crippen LogP contribution in [0.2, 0.25) is 5.02 Å². The van der Waals surface area contributed by atoms with E-state index >= 15 is 0 Å². The highest BCUT2D eigenvalue weighted by molar-refractivity contribution is 6.30. The lowest BCUT2D eigenvalue weighted by atomic mass is 9.94. The van der Waals surface area contributed by atoms with Gasteiger partial charge in [0.25, 0.3) is 5.91 Å². The molecule has 0 spiro atoms. The van der Waals surface area contributed by atoms with Gasteiger partial charge in [-0.25, -0.2) is 0 Å². The quantitative estimate of drug-likeness (QED) is 0.308. The number of hydrogen-bond donors (Lipinski definition) is 3. The van der Waals surface area contributed by atoms with Gasteiger partial charge in [0.2, 0.25) is 5.91 Å². The maximum Gasteiger partial charge on any atom is 0.256 e. The molecule has 33 heavy (non-hydrogen) atoms. The van der Waals surface area contributed by atoms with Gasteiger partial charge in [0.15, 0.2) is 0 Å². The van der Waals surface area contributed by atoms with Crippen molar-refractivity contribution in [2.75, 3.05) is 12.3 Å². The van der Waals surface area contributed by atoms with Crippen LogP contribution >= 0.6 is 11.6 Å². The van der Waals surface area contributed by atoms with Crippen LogP contribution in [0.5, 0.6) is 0 Å². The average molecular weight is 458 g/mol. The molecular formula is C25H20ClN5O2.